The Kier molecular flexibility index (Phi) is 6.06. The molecule has 10 rings (SSSR count). The van der Waals surface area contributed by atoms with Gasteiger partial charge in [-0.1, -0.05) is 144 Å². The Morgan fingerprint density at radius 1 is 0.500 bits per heavy atom. The SMILES string of the molecule is CC(C)(C)c1ccc(N2c3ccc(-c4ccc5c(c4)-c4ccccc4C54c5ccccc5-c5ccccc54)cc3C3(C)CCCCC23C)cc1. The molecule has 1 nitrogen and oxygen atoms in total. The minimum atomic E-state index is -0.296. The summed E-state index contributed by atoms with van der Waals surface area (Å²) in [5, 5.41) is 0. The Labute approximate surface area is 297 Å². The molecule has 1 saturated carbocycles. The van der Waals surface area contributed by atoms with Crippen molar-refractivity contribution in [3.05, 3.63) is 167 Å². The van der Waals surface area contributed by atoms with E-state index in [0.29, 0.717) is 0 Å². The Bertz CT molecular complexity index is 2310. The van der Waals surface area contributed by atoms with Gasteiger partial charge in [0.05, 0.1) is 11.0 Å². The highest BCUT2D eigenvalue weighted by molar-refractivity contribution is 5.96. The first-order chi connectivity index (χ1) is 24.2. The zero-order chi connectivity index (χ0) is 34.0. The van der Waals surface area contributed by atoms with E-state index in [1.165, 1.54) is 104 Å². The molecule has 246 valence electrons. The highest BCUT2D eigenvalue weighted by atomic mass is 15.3. The van der Waals surface area contributed by atoms with E-state index in [-0.39, 0.29) is 21.8 Å². The lowest BCUT2D eigenvalue weighted by atomic mass is 9.61. The number of fused-ring (bicyclic) bond motifs is 13. The molecule has 0 bridgehead atoms. The lowest BCUT2D eigenvalue weighted by Gasteiger charge is -2.50. The molecule has 2 atom stereocenters. The van der Waals surface area contributed by atoms with Gasteiger partial charge in [-0.2, -0.15) is 0 Å². The van der Waals surface area contributed by atoms with Crippen LogP contribution in [0.5, 0.6) is 0 Å². The van der Waals surface area contributed by atoms with E-state index in [1.807, 2.05) is 0 Å². The Hall–Kier alpha value is -4.88. The third-order valence-corrected chi connectivity index (χ3v) is 13.4. The lowest BCUT2D eigenvalue weighted by molar-refractivity contribution is 0.195. The zero-order valence-corrected chi connectivity index (χ0v) is 30.0. The molecule has 6 aromatic carbocycles. The maximum absolute atomic E-state index is 2.70. The zero-order valence-electron chi connectivity index (χ0n) is 30.0. The summed E-state index contributed by atoms with van der Waals surface area (Å²) >= 11 is 0. The van der Waals surface area contributed by atoms with Crippen molar-refractivity contribution in [1.82, 2.24) is 0 Å². The van der Waals surface area contributed by atoms with E-state index < -0.39 is 0 Å². The largest absolute Gasteiger partial charge is 0.334 e. The molecule has 1 fully saturated rings. The highest BCUT2D eigenvalue weighted by Gasteiger charge is 2.58. The Morgan fingerprint density at radius 3 is 1.64 bits per heavy atom. The van der Waals surface area contributed by atoms with Crippen LogP contribution in [-0.4, -0.2) is 5.54 Å². The fourth-order valence-corrected chi connectivity index (χ4v) is 10.7. The predicted octanol–water partition coefficient (Wildman–Crippen LogP) is 12.7. The van der Waals surface area contributed by atoms with Crippen LogP contribution in [0, 0.1) is 0 Å². The van der Waals surface area contributed by atoms with Crippen LogP contribution in [0.2, 0.25) is 0 Å². The number of hydrogen-bond donors (Lipinski definition) is 0. The maximum atomic E-state index is 2.70. The quantitative estimate of drug-likeness (QED) is 0.180. The van der Waals surface area contributed by atoms with Crippen LogP contribution in [0.25, 0.3) is 33.4 Å². The van der Waals surface area contributed by atoms with Crippen LogP contribution >= 0.6 is 0 Å². The van der Waals surface area contributed by atoms with Crippen LogP contribution in [0.15, 0.2) is 133 Å². The Balaban J connectivity index is 1.14. The van der Waals surface area contributed by atoms with Crippen LogP contribution in [0.1, 0.15) is 93.7 Å². The van der Waals surface area contributed by atoms with Gasteiger partial charge in [0.2, 0.25) is 0 Å². The second-order valence-electron chi connectivity index (χ2n) is 16.8. The van der Waals surface area contributed by atoms with Crippen molar-refractivity contribution in [1.29, 1.82) is 0 Å². The summed E-state index contributed by atoms with van der Waals surface area (Å²) in [6, 6.07) is 51.5. The van der Waals surface area contributed by atoms with Crippen molar-refractivity contribution in [2.75, 3.05) is 4.90 Å². The molecule has 0 aromatic heterocycles. The van der Waals surface area contributed by atoms with E-state index in [2.05, 4.69) is 173 Å². The van der Waals surface area contributed by atoms with Crippen LogP contribution in [0.4, 0.5) is 11.4 Å². The molecule has 0 radical (unpaired) electrons. The summed E-state index contributed by atoms with van der Waals surface area (Å²) in [4.78, 5) is 2.70. The number of hydrogen-bond acceptors (Lipinski definition) is 1. The van der Waals surface area contributed by atoms with Crippen molar-refractivity contribution in [2.45, 2.75) is 82.1 Å². The van der Waals surface area contributed by atoms with Gasteiger partial charge in [0.25, 0.3) is 0 Å². The summed E-state index contributed by atoms with van der Waals surface area (Å²) in [5.74, 6) is 0. The molecule has 4 aliphatic rings. The Morgan fingerprint density at radius 2 is 1.02 bits per heavy atom. The van der Waals surface area contributed by atoms with E-state index in [9.17, 15) is 0 Å². The first kappa shape index (κ1) is 30.0. The minimum absolute atomic E-state index is 0.0297. The number of anilines is 2. The lowest BCUT2D eigenvalue weighted by Crippen LogP contribution is -2.54. The minimum Gasteiger partial charge on any atom is -0.334 e. The van der Waals surface area contributed by atoms with E-state index in [4.69, 9.17) is 0 Å². The third-order valence-electron chi connectivity index (χ3n) is 13.4. The van der Waals surface area contributed by atoms with Gasteiger partial charge in [0.15, 0.2) is 0 Å². The molecule has 1 heteroatoms. The number of nitrogens with zero attached hydrogens (tertiary/aromatic N) is 1. The van der Waals surface area contributed by atoms with Gasteiger partial charge in [-0.3, -0.25) is 0 Å². The van der Waals surface area contributed by atoms with Gasteiger partial charge >= 0.3 is 0 Å². The topological polar surface area (TPSA) is 3.24 Å². The number of benzene rings is 6. The average Bonchev–Trinajstić information content (AvgIpc) is 3.68. The summed E-state index contributed by atoms with van der Waals surface area (Å²) in [6.45, 7) is 12.0. The predicted molar refractivity (Wildman–Crippen MR) is 210 cm³/mol. The van der Waals surface area contributed by atoms with E-state index >= 15 is 0 Å². The highest BCUT2D eigenvalue weighted by Crippen LogP contribution is 2.64. The van der Waals surface area contributed by atoms with Gasteiger partial charge in [-0.15, -0.1) is 0 Å². The van der Waals surface area contributed by atoms with Crippen LogP contribution < -0.4 is 4.90 Å². The second kappa shape index (κ2) is 10.1. The fourth-order valence-electron chi connectivity index (χ4n) is 10.7. The van der Waals surface area contributed by atoms with Crippen molar-refractivity contribution in [2.24, 2.45) is 0 Å². The standard InChI is InChI=1S/C49H45N/c1-46(2,3)34-22-24-35(25-23-34)50-45-27-21-33(31-44(45)47(4)28-12-13-29-48(47,50)5)32-20-26-43-39(30-32)38-16-8-11-19-42(38)49(43)40-17-9-6-14-36(40)37-15-7-10-18-41(37)49/h6-11,14-27,30-31H,12-13,28-29H2,1-5H3. The molecule has 6 aromatic rings. The molecular weight excluding hydrogens is 603 g/mol. The van der Waals surface area contributed by atoms with Gasteiger partial charge < -0.3 is 4.90 Å². The van der Waals surface area contributed by atoms with Gasteiger partial charge in [-0.05, 0) is 122 Å². The van der Waals surface area contributed by atoms with Gasteiger partial charge in [-0.25, -0.2) is 0 Å². The monoisotopic (exact) mass is 647 g/mol. The molecule has 0 N–H and O–H groups in total. The smallest absolute Gasteiger partial charge is 0.0725 e. The molecular formula is C49H45N. The normalized spacial score (nSPS) is 22.1. The first-order valence-electron chi connectivity index (χ1n) is 18.7. The molecule has 1 heterocycles. The van der Waals surface area contributed by atoms with Crippen molar-refractivity contribution in [3.8, 4) is 33.4 Å². The second-order valence-corrected chi connectivity index (χ2v) is 16.8. The van der Waals surface area contributed by atoms with E-state index in [0.717, 1.165) is 0 Å². The fraction of sp³-hybridized carbons (Fsp3) is 0.265. The van der Waals surface area contributed by atoms with Gasteiger partial charge in [0.1, 0.15) is 0 Å². The molecule has 3 aliphatic carbocycles. The molecule has 50 heavy (non-hydrogen) atoms. The molecule has 0 saturated heterocycles. The van der Waals surface area contributed by atoms with Gasteiger partial charge in [0, 0.05) is 16.8 Å². The average molecular weight is 648 g/mol. The summed E-state index contributed by atoms with van der Waals surface area (Å²) < 4.78 is 0. The maximum Gasteiger partial charge on any atom is 0.0725 e. The third kappa shape index (κ3) is 3.68. The molecule has 1 spiro atoms. The summed E-state index contributed by atoms with van der Waals surface area (Å²) in [6.07, 6.45) is 4.99. The van der Waals surface area contributed by atoms with Crippen LogP contribution in [0.3, 0.4) is 0 Å². The number of rotatable bonds is 2. The molecule has 1 aliphatic heterocycles. The first-order valence-corrected chi connectivity index (χ1v) is 18.7. The van der Waals surface area contributed by atoms with Crippen molar-refractivity contribution in [3.63, 3.8) is 0 Å². The van der Waals surface area contributed by atoms with Crippen molar-refractivity contribution < 1.29 is 0 Å². The summed E-state index contributed by atoms with van der Waals surface area (Å²) in [5.41, 5.74) is 19.2. The molecule has 0 amide bonds. The molecule has 2 unspecified atom stereocenters. The van der Waals surface area contributed by atoms with Crippen molar-refractivity contribution >= 4 is 11.4 Å². The van der Waals surface area contributed by atoms with E-state index in [1.54, 1.807) is 0 Å². The van der Waals surface area contributed by atoms with Crippen LogP contribution in [-0.2, 0) is 16.2 Å². The summed E-state index contributed by atoms with van der Waals surface area (Å²) in [7, 11) is 0.